The molecule has 14 heavy (non-hydrogen) atoms. The summed E-state index contributed by atoms with van der Waals surface area (Å²) >= 11 is 0. The summed E-state index contributed by atoms with van der Waals surface area (Å²) in [6.45, 7) is 5.15. The van der Waals surface area contributed by atoms with Gasteiger partial charge in [-0.15, -0.1) is 0 Å². The van der Waals surface area contributed by atoms with Crippen molar-refractivity contribution in [2.24, 2.45) is 4.99 Å². The average molecular weight is 190 g/mol. The lowest BCUT2D eigenvalue weighted by atomic mass is 10.1. The molecule has 0 aliphatic heterocycles. The number of nitrogens with one attached hydrogen (secondary N) is 1. The third-order valence-corrected chi connectivity index (χ3v) is 2.23. The molecule has 0 bridgehead atoms. The summed E-state index contributed by atoms with van der Waals surface area (Å²) in [5.41, 5.74) is 3.63. The van der Waals surface area contributed by atoms with Crippen molar-refractivity contribution in [3.8, 4) is 0 Å². The molecule has 0 atom stereocenters. The number of hydrogen-bond donors (Lipinski definition) is 1. The fourth-order valence-corrected chi connectivity index (χ4v) is 1.36. The SMILES string of the molecule is CCC/N=C\c1cccc(NC)c1C. The Morgan fingerprint density at radius 2 is 2.21 bits per heavy atom. The summed E-state index contributed by atoms with van der Waals surface area (Å²) in [6.07, 6.45) is 3.06. The Bertz CT molecular complexity index is 316. The second-order valence-corrected chi connectivity index (χ2v) is 3.31. The predicted octanol–water partition coefficient (Wildman–Crippen LogP) is 2.87. The molecule has 0 aliphatic carbocycles. The molecule has 0 radical (unpaired) electrons. The van der Waals surface area contributed by atoms with E-state index in [1.54, 1.807) is 0 Å². The van der Waals surface area contributed by atoms with E-state index < -0.39 is 0 Å². The molecule has 1 aromatic rings. The van der Waals surface area contributed by atoms with Gasteiger partial charge in [-0.2, -0.15) is 0 Å². The van der Waals surface area contributed by atoms with Crippen LogP contribution < -0.4 is 5.32 Å². The minimum atomic E-state index is 0.906. The summed E-state index contributed by atoms with van der Waals surface area (Å²) in [4.78, 5) is 4.34. The Balaban J connectivity index is 2.86. The van der Waals surface area contributed by atoms with Gasteiger partial charge in [0.1, 0.15) is 0 Å². The summed E-state index contributed by atoms with van der Waals surface area (Å²) < 4.78 is 0. The largest absolute Gasteiger partial charge is 0.388 e. The quantitative estimate of drug-likeness (QED) is 0.725. The molecule has 1 rings (SSSR count). The van der Waals surface area contributed by atoms with E-state index in [9.17, 15) is 0 Å². The van der Waals surface area contributed by atoms with Crippen LogP contribution in [-0.4, -0.2) is 19.8 Å². The van der Waals surface area contributed by atoms with Gasteiger partial charge in [0.05, 0.1) is 0 Å². The Kier molecular flexibility index (Phi) is 4.17. The summed E-state index contributed by atoms with van der Waals surface area (Å²) in [7, 11) is 1.94. The maximum Gasteiger partial charge on any atom is 0.0386 e. The molecule has 0 fully saturated rings. The van der Waals surface area contributed by atoms with Gasteiger partial charge in [-0.25, -0.2) is 0 Å². The minimum absolute atomic E-state index is 0.906. The van der Waals surface area contributed by atoms with E-state index in [4.69, 9.17) is 0 Å². The average Bonchev–Trinajstić information content (AvgIpc) is 2.21. The number of benzene rings is 1. The Morgan fingerprint density at radius 3 is 2.86 bits per heavy atom. The topological polar surface area (TPSA) is 24.4 Å². The monoisotopic (exact) mass is 190 g/mol. The van der Waals surface area contributed by atoms with Crippen molar-refractivity contribution in [3.63, 3.8) is 0 Å². The van der Waals surface area contributed by atoms with Crippen LogP contribution in [0.3, 0.4) is 0 Å². The van der Waals surface area contributed by atoms with Gasteiger partial charge in [0, 0.05) is 25.5 Å². The Morgan fingerprint density at radius 1 is 1.43 bits per heavy atom. The lowest BCUT2D eigenvalue weighted by molar-refractivity contribution is 0.937. The van der Waals surface area contributed by atoms with Crippen molar-refractivity contribution < 1.29 is 0 Å². The molecule has 0 heterocycles. The second-order valence-electron chi connectivity index (χ2n) is 3.31. The Labute approximate surface area is 86.1 Å². The van der Waals surface area contributed by atoms with Crippen LogP contribution in [-0.2, 0) is 0 Å². The number of anilines is 1. The molecule has 0 spiro atoms. The van der Waals surface area contributed by atoms with Gasteiger partial charge < -0.3 is 5.32 Å². The molecule has 1 N–H and O–H groups in total. The molecule has 0 unspecified atom stereocenters. The molecule has 0 saturated carbocycles. The van der Waals surface area contributed by atoms with Gasteiger partial charge in [-0.3, -0.25) is 4.99 Å². The summed E-state index contributed by atoms with van der Waals surface area (Å²) in [5.74, 6) is 0. The van der Waals surface area contributed by atoms with Crippen molar-refractivity contribution in [3.05, 3.63) is 29.3 Å². The van der Waals surface area contributed by atoms with E-state index in [-0.39, 0.29) is 0 Å². The van der Waals surface area contributed by atoms with Crippen LogP contribution in [0.25, 0.3) is 0 Å². The highest BCUT2D eigenvalue weighted by atomic mass is 14.8. The first-order chi connectivity index (χ1) is 6.79. The lowest BCUT2D eigenvalue weighted by Crippen LogP contribution is -1.95. The van der Waals surface area contributed by atoms with E-state index in [0.717, 1.165) is 13.0 Å². The lowest BCUT2D eigenvalue weighted by Gasteiger charge is -2.06. The number of hydrogen-bond acceptors (Lipinski definition) is 2. The third kappa shape index (κ3) is 2.59. The van der Waals surface area contributed by atoms with E-state index in [1.807, 2.05) is 19.3 Å². The first-order valence-electron chi connectivity index (χ1n) is 5.06. The second kappa shape index (κ2) is 5.43. The fraction of sp³-hybridized carbons (Fsp3) is 0.417. The molecule has 2 heteroatoms. The van der Waals surface area contributed by atoms with E-state index in [0.29, 0.717) is 0 Å². The van der Waals surface area contributed by atoms with Crippen molar-refractivity contribution in [1.82, 2.24) is 0 Å². The first kappa shape index (κ1) is 10.8. The first-order valence-corrected chi connectivity index (χ1v) is 5.06. The standard InChI is InChI=1S/C12H18N2/c1-4-8-14-9-11-6-5-7-12(13-3)10(11)2/h5-7,9,13H,4,8H2,1-3H3/b14-9-. The molecule has 2 nitrogen and oxygen atoms in total. The van der Waals surface area contributed by atoms with E-state index >= 15 is 0 Å². The van der Waals surface area contributed by atoms with Gasteiger partial charge in [-0.1, -0.05) is 19.1 Å². The highest BCUT2D eigenvalue weighted by molar-refractivity contribution is 5.84. The smallest absolute Gasteiger partial charge is 0.0386 e. The molecule has 0 aliphatic rings. The Hall–Kier alpha value is -1.31. The molecule has 0 amide bonds. The molecule has 0 aromatic heterocycles. The van der Waals surface area contributed by atoms with Crippen molar-refractivity contribution in [2.45, 2.75) is 20.3 Å². The number of nitrogens with zero attached hydrogens (tertiary/aromatic N) is 1. The van der Waals surface area contributed by atoms with Crippen LogP contribution in [0.4, 0.5) is 5.69 Å². The van der Waals surface area contributed by atoms with Crippen molar-refractivity contribution >= 4 is 11.9 Å². The maximum absolute atomic E-state index is 4.34. The zero-order valence-corrected chi connectivity index (χ0v) is 9.17. The predicted molar refractivity (Wildman–Crippen MR) is 63.5 cm³/mol. The van der Waals surface area contributed by atoms with Gasteiger partial charge in [0.25, 0.3) is 0 Å². The minimum Gasteiger partial charge on any atom is -0.388 e. The van der Waals surface area contributed by atoms with Crippen LogP contribution in [0.15, 0.2) is 23.2 Å². The fourth-order valence-electron chi connectivity index (χ4n) is 1.36. The molecular formula is C12H18N2. The van der Waals surface area contributed by atoms with Crippen LogP contribution in [0.5, 0.6) is 0 Å². The highest BCUT2D eigenvalue weighted by Crippen LogP contribution is 2.16. The van der Waals surface area contributed by atoms with E-state index in [2.05, 4.69) is 36.3 Å². The van der Waals surface area contributed by atoms with Gasteiger partial charge in [0.2, 0.25) is 0 Å². The van der Waals surface area contributed by atoms with Gasteiger partial charge >= 0.3 is 0 Å². The summed E-state index contributed by atoms with van der Waals surface area (Å²) in [5, 5.41) is 3.16. The number of aliphatic imine (C=N–C) groups is 1. The van der Waals surface area contributed by atoms with Gasteiger partial charge in [0.15, 0.2) is 0 Å². The highest BCUT2D eigenvalue weighted by Gasteiger charge is 1.98. The molecular weight excluding hydrogens is 172 g/mol. The van der Waals surface area contributed by atoms with E-state index in [1.165, 1.54) is 16.8 Å². The van der Waals surface area contributed by atoms with Crippen LogP contribution >= 0.6 is 0 Å². The zero-order valence-electron chi connectivity index (χ0n) is 9.17. The van der Waals surface area contributed by atoms with Crippen LogP contribution in [0.2, 0.25) is 0 Å². The van der Waals surface area contributed by atoms with Crippen LogP contribution in [0, 0.1) is 6.92 Å². The van der Waals surface area contributed by atoms with Crippen molar-refractivity contribution in [1.29, 1.82) is 0 Å². The number of rotatable bonds is 4. The third-order valence-electron chi connectivity index (χ3n) is 2.23. The van der Waals surface area contributed by atoms with Crippen LogP contribution in [0.1, 0.15) is 24.5 Å². The maximum atomic E-state index is 4.34. The molecule has 76 valence electrons. The van der Waals surface area contributed by atoms with Crippen molar-refractivity contribution in [2.75, 3.05) is 18.9 Å². The molecule has 1 aromatic carbocycles. The zero-order chi connectivity index (χ0) is 10.4. The molecule has 0 saturated heterocycles. The summed E-state index contributed by atoms with van der Waals surface area (Å²) in [6, 6.07) is 6.22. The normalized spacial score (nSPS) is 10.8. The van der Waals surface area contributed by atoms with Gasteiger partial charge in [-0.05, 0) is 30.5 Å².